The van der Waals surface area contributed by atoms with Gasteiger partial charge in [-0.3, -0.25) is 4.79 Å². The van der Waals surface area contributed by atoms with E-state index in [4.69, 9.17) is 35.3 Å². The van der Waals surface area contributed by atoms with Gasteiger partial charge in [0, 0.05) is 22.2 Å². The predicted molar refractivity (Wildman–Crippen MR) is 127 cm³/mol. The summed E-state index contributed by atoms with van der Waals surface area (Å²) < 4.78 is 27.5. The van der Waals surface area contributed by atoms with Crippen LogP contribution in [-0.2, 0) is 0 Å². The summed E-state index contributed by atoms with van der Waals surface area (Å²) in [7, 11) is 4.55. The molecule has 0 fully saturated rings. The fourth-order valence-corrected chi connectivity index (χ4v) is 3.75. The first-order valence-corrected chi connectivity index (χ1v) is 10.6. The maximum Gasteiger partial charge on any atom is 0.343 e. The van der Waals surface area contributed by atoms with E-state index in [1.165, 1.54) is 27.4 Å². The first-order chi connectivity index (χ1) is 16.4. The quantitative estimate of drug-likeness (QED) is 0.261. The van der Waals surface area contributed by atoms with Crippen LogP contribution >= 0.6 is 11.6 Å². The summed E-state index contributed by atoms with van der Waals surface area (Å²) >= 11 is 5.96. The molecule has 0 unspecified atom stereocenters. The molecule has 8 heteroatoms. The van der Waals surface area contributed by atoms with Crippen LogP contribution in [0.2, 0.25) is 5.02 Å². The van der Waals surface area contributed by atoms with E-state index < -0.39 is 5.97 Å². The third kappa shape index (κ3) is 4.30. The first-order valence-electron chi connectivity index (χ1n) is 10.2. The number of hydrogen-bond donors (Lipinski definition) is 0. The molecule has 1 heterocycles. The molecular formula is C26H21ClO7. The molecule has 0 N–H and O–H groups in total. The smallest absolute Gasteiger partial charge is 0.343 e. The van der Waals surface area contributed by atoms with Crippen molar-refractivity contribution in [3.8, 4) is 28.7 Å². The first kappa shape index (κ1) is 23.2. The number of carbonyl (C=O) groups is 2. The Bertz CT molecular complexity index is 1330. The molecule has 0 aromatic heterocycles. The van der Waals surface area contributed by atoms with Crippen LogP contribution in [0.4, 0.5) is 0 Å². The number of fused-ring (bicyclic) bond motifs is 1. The zero-order valence-electron chi connectivity index (χ0n) is 18.9. The van der Waals surface area contributed by atoms with Gasteiger partial charge in [-0.1, -0.05) is 17.7 Å². The number of Topliss-reactive ketones (excluding diaryl/α,β-unsaturated/α-hetero) is 1. The van der Waals surface area contributed by atoms with Gasteiger partial charge in [0.05, 0.1) is 32.5 Å². The highest BCUT2D eigenvalue weighted by molar-refractivity contribution is 6.30. The Labute approximate surface area is 201 Å². The third-order valence-corrected chi connectivity index (χ3v) is 5.56. The summed E-state index contributed by atoms with van der Waals surface area (Å²) in [6, 6.07) is 12.9. The number of ketones is 1. The van der Waals surface area contributed by atoms with Crippen molar-refractivity contribution >= 4 is 29.4 Å². The van der Waals surface area contributed by atoms with Crippen LogP contribution in [-0.4, -0.2) is 33.1 Å². The standard InChI is InChI=1S/C26H21ClO7/c1-14-19(34-26(29)15-6-5-7-17(27)10-15)9-8-18-24(28)23(33-25(14)18)12-16-11-21(31-3)22(32-4)13-20(16)30-2/h5-13H,1-4H3/b23-12-. The lowest BCUT2D eigenvalue weighted by Crippen LogP contribution is -2.09. The molecule has 3 aromatic rings. The average Bonchev–Trinajstić information content (AvgIpc) is 3.16. The Morgan fingerprint density at radius 3 is 2.29 bits per heavy atom. The highest BCUT2D eigenvalue weighted by Gasteiger charge is 2.31. The molecule has 0 amide bonds. The molecule has 0 saturated heterocycles. The summed E-state index contributed by atoms with van der Waals surface area (Å²) in [5.41, 5.74) is 1.77. The van der Waals surface area contributed by atoms with Crippen molar-refractivity contribution in [1.82, 2.24) is 0 Å². The van der Waals surface area contributed by atoms with Crippen molar-refractivity contribution in [2.75, 3.05) is 21.3 Å². The van der Waals surface area contributed by atoms with Crippen LogP contribution in [0.1, 0.15) is 31.8 Å². The fourth-order valence-electron chi connectivity index (χ4n) is 3.56. The Morgan fingerprint density at radius 2 is 1.62 bits per heavy atom. The fraction of sp³-hybridized carbons (Fsp3) is 0.154. The number of benzene rings is 3. The number of esters is 1. The zero-order chi connectivity index (χ0) is 24.4. The van der Waals surface area contributed by atoms with Crippen LogP contribution in [0.5, 0.6) is 28.7 Å². The molecular weight excluding hydrogens is 460 g/mol. The number of methoxy groups -OCH3 is 3. The maximum atomic E-state index is 13.0. The van der Waals surface area contributed by atoms with Crippen molar-refractivity contribution in [3.63, 3.8) is 0 Å². The maximum absolute atomic E-state index is 13.0. The van der Waals surface area contributed by atoms with E-state index in [0.717, 1.165) is 0 Å². The SMILES string of the molecule is COc1cc(OC)c(OC)cc1/C=C1\Oc2c(ccc(OC(=O)c3cccc(Cl)c3)c2C)C1=O. The molecule has 7 nitrogen and oxygen atoms in total. The van der Waals surface area contributed by atoms with E-state index >= 15 is 0 Å². The van der Waals surface area contributed by atoms with Gasteiger partial charge in [-0.05, 0) is 49.4 Å². The molecule has 3 aromatic carbocycles. The summed E-state index contributed by atoms with van der Waals surface area (Å²) in [6.07, 6.45) is 1.57. The number of carbonyl (C=O) groups excluding carboxylic acids is 2. The minimum absolute atomic E-state index is 0.0990. The minimum Gasteiger partial charge on any atom is -0.496 e. The molecule has 0 radical (unpaired) electrons. The van der Waals surface area contributed by atoms with Gasteiger partial charge in [0.15, 0.2) is 17.3 Å². The monoisotopic (exact) mass is 480 g/mol. The van der Waals surface area contributed by atoms with Crippen LogP contribution in [0.3, 0.4) is 0 Å². The molecule has 0 bridgehead atoms. The lowest BCUT2D eigenvalue weighted by Gasteiger charge is -2.12. The molecule has 0 saturated carbocycles. The molecule has 0 aliphatic carbocycles. The zero-order valence-corrected chi connectivity index (χ0v) is 19.7. The van der Waals surface area contributed by atoms with Gasteiger partial charge in [-0.25, -0.2) is 4.79 Å². The lowest BCUT2D eigenvalue weighted by atomic mass is 10.1. The summed E-state index contributed by atoms with van der Waals surface area (Å²) in [6.45, 7) is 1.71. The Kier molecular flexibility index (Phi) is 6.47. The van der Waals surface area contributed by atoms with Gasteiger partial charge in [-0.2, -0.15) is 0 Å². The van der Waals surface area contributed by atoms with Crippen molar-refractivity contribution < 1.29 is 33.3 Å². The number of ether oxygens (including phenoxy) is 5. The predicted octanol–water partition coefficient (Wildman–Crippen LogP) is 5.51. The molecule has 4 rings (SSSR count). The Balaban J connectivity index is 1.65. The van der Waals surface area contributed by atoms with Gasteiger partial charge in [0.2, 0.25) is 5.78 Å². The molecule has 174 valence electrons. The van der Waals surface area contributed by atoms with E-state index in [1.54, 1.807) is 55.5 Å². The van der Waals surface area contributed by atoms with Crippen molar-refractivity contribution in [2.45, 2.75) is 6.92 Å². The van der Waals surface area contributed by atoms with Crippen LogP contribution in [0, 0.1) is 6.92 Å². The third-order valence-electron chi connectivity index (χ3n) is 5.32. The number of hydrogen-bond acceptors (Lipinski definition) is 7. The van der Waals surface area contributed by atoms with Gasteiger partial charge >= 0.3 is 5.97 Å². The van der Waals surface area contributed by atoms with Crippen molar-refractivity contribution in [2.24, 2.45) is 0 Å². The lowest BCUT2D eigenvalue weighted by molar-refractivity contribution is 0.0733. The molecule has 1 aliphatic heterocycles. The van der Waals surface area contributed by atoms with Gasteiger partial charge in [0.25, 0.3) is 0 Å². The summed E-state index contributed by atoms with van der Waals surface area (Å²) in [5.74, 6) is 1.28. The van der Waals surface area contributed by atoms with E-state index in [-0.39, 0.29) is 17.3 Å². The average molecular weight is 481 g/mol. The number of halogens is 1. The largest absolute Gasteiger partial charge is 0.496 e. The van der Waals surface area contributed by atoms with Gasteiger partial charge in [0.1, 0.15) is 17.2 Å². The van der Waals surface area contributed by atoms with E-state index in [1.807, 2.05) is 0 Å². The number of allylic oxidation sites excluding steroid dienone is 1. The van der Waals surface area contributed by atoms with Crippen molar-refractivity contribution in [1.29, 1.82) is 0 Å². The van der Waals surface area contributed by atoms with Crippen LogP contribution < -0.4 is 23.7 Å². The van der Waals surface area contributed by atoms with E-state index in [2.05, 4.69) is 0 Å². The van der Waals surface area contributed by atoms with E-state index in [0.29, 0.717) is 50.3 Å². The van der Waals surface area contributed by atoms with Crippen LogP contribution in [0.25, 0.3) is 6.08 Å². The van der Waals surface area contributed by atoms with Crippen LogP contribution in [0.15, 0.2) is 54.3 Å². The molecule has 34 heavy (non-hydrogen) atoms. The minimum atomic E-state index is -0.569. The van der Waals surface area contributed by atoms with Gasteiger partial charge < -0.3 is 23.7 Å². The molecule has 0 spiro atoms. The van der Waals surface area contributed by atoms with Gasteiger partial charge in [-0.15, -0.1) is 0 Å². The van der Waals surface area contributed by atoms with E-state index in [9.17, 15) is 9.59 Å². The second kappa shape index (κ2) is 9.49. The second-order valence-corrected chi connectivity index (χ2v) is 7.79. The van der Waals surface area contributed by atoms with Crippen molar-refractivity contribution in [3.05, 3.63) is 81.6 Å². The normalized spacial score (nSPS) is 13.3. The summed E-state index contributed by atoms with van der Waals surface area (Å²) in [5, 5.41) is 0.425. The Morgan fingerprint density at radius 1 is 0.912 bits per heavy atom. The second-order valence-electron chi connectivity index (χ2n) is 7.35. The summed E-state index contributed by atoms with van der Waals surface area (Å²) in [4.78, 5) is 25.5. The number of rotatable bonds is 6. The Hall–Kier alpha value is -3.97. The topological polar surface area (TPSA) is 80.3 Å². The molecule has 1 aliphatic rings. The highest BCUT2D eigenvalue weighted by atomic mass is 35.5. The highest BCUT2D eigenvalue weighted by Crippen LogP contribution is 2.41. The molecule has 0 atom stereocenters.